The first-order valence-electron chi connectivity index (χ1n) is 7.79. The first-order chi connectivity index (χ1) is 11.9. The molecule has 0 bridgehead atoms. The zero-order valence-electron chi connectivity index (χ0n) is 13.9. The van der Waals surface area contributed by atoms with Gasteiger partial charge in [-0.2, -0.15) is 4.98 Å². The molecule has 0 aliphatic rings. The van der Waals surface area contributed by atoms with Crippen LogP contribution in [0.4, 0.5) is 0 Å². The van der Waals surface area contributed by atoms with Crippen molar-refractivity contribution < 1.29 is 9.63 Å². The highest BCUT2D eigenvalue weighted by molar-refractivity contribution is 5.23. The number of aliphatic hydroxyl groups excluding tert-OH is 1. The molecule has 25 heavy (non-hydrogen) atoms. The molecule has 0 fully saturated rings. The van der Waals surface area contributed by atoms with Gasteiger partial charge >= 0.3 is 5.69 Å². The summed E-state index contributed by atoms with van der Waals surface area (Å²) in [7, 11) is 0. The SMILES string of the molecule is Cc1ccc([C@@H](O)Cc2noc(Cn3c(=O)[nH]cc(C)c3=O)n2)cc1. The fourth-order valence-corrected chi connectivity index (χ4v) is 2.41. The third kappa shape index (κ3) is 3.74. The molecule has 0 spiro atoms. The van der Waals surface area contributed by atoms with Crippen molar-refractivity contribution in [2.75, 3.05) is 0 Å². The molecule has 8 nitrogen and oxygen atoms in total. The van der Waals surface area contributed by atoms with E-state index in [1.54, 1.807) is 6.92 Å². The molecule has 0 aliphatic carbocycles. The van der Waals surface area contributed by atoms with Crippen molar-refractivity contribution in [1.29, 1.82) is 0 Å². The summed E-state index contributed by atoms with van der Waals surface area (Å²) in [5.41, 5.74) is 1.31. The van der Waals surface area contributed by atoms with Crippen LogP contribution in [-0.4, -0.2) is 24.8 Å². The lowest BCUT2D eigenvalue weighted by Gasteiger charge is -2.08. The zero-order chi connectivity index (χ0) is 18.0. The standard InChI is InChI=1S/C17H18N4O4/c1-10-3-5-12(6-4-10)13(22)7-14-19-15(25-20-14)9-21-16(23)11(2)8-18-17(21)24/h3-6,8,13,22H,7,9H2,1-2H3,(H,18,24)/t13-/m0/s1. The van der Waals surface area contributed by atoms with Crippen LogP contribution in [0, 0.1) is 13.8 Å². The molecular formula is C17H18N4O4. The lowest BCUT2D eigenvalue weighted by Crippen LogP contribution is -2.36. The lowest BCUT2D eigenvalue weighted by molar-refractivity contribution is 0.174. The van der Waals surface area contributed by atoms with E-state index in [0.29, 0.717) is 11.4 Å². The highest BCUT2D eigenvalue weighted by Crippen LogP contribution is 2.17. The molecule has 130 valence electrons. The first kappa shape index (κ1) is 16.8. The second-order valence-electron chi connectivity index (χ2n) is 5.90. The fourth-order valence-electron chi connectivity index (χ4n) is 2.41. The number of nitrogens with zero attached hydrogens (tertiary/aromatic N) is 3. The predicted molar refractivity (Wildman–Crippen MR) is 89.3 cm³/mol. The topological polar surface area (TPSA) is 114 Å². The van der Waals surface area contributed by atoms with E-state index in [-0.39, 0.29) is 18.9 Å². The predicted octanol–water partition coefficient (Wildman–Crippen LogP) is 0.861. The van der Waals surface area contributed by atoms with Gasteiger partial charge in [0.15, 0.2) is 5.82 Å². The van der Waals surface area contributed by atoms with E-state index < -0.39 is 17.4 Å². The van der Waals surface area contributed by atoms with Gasteiger partial charge in [-0.1, -0.05) is 35.0 Å². The maximum Gasteiger partial charge on any atom is 0.328 e. The molecule has 8 heteroatoms. The third-order valence-corrected chi connectivity index (χ3v) is 3.88. The average molecular weight is 342 g/mol. The van der Waals surface area contributed by atoms with Crippen LogP contribution in [-0.2, 0) is 13.0 Å². The minimum absolute atomic E-state index is 0.122. The molecule has 3 rings (SSSR count). The number of hydrogen-bond donors (Lipinski definition) is 2. The summed E-state index contributed by atoms with van der Waals surface area (Å²) in [5.74, 6) is 0.435. The summed E-state index contributed by atoms with van der Waals surface area (Å²) < 4.78 is 6.08. The molecule has 0 saturated carbocycles. The first-order valence-corrected chi connectivity index (χ1v) is 7.79. The maximum atomic E-state index is 12.0. The molecule has 2 N–H and O–H groups in total. The minimum atomic E-state index is -0.767. The van der Waals surface area contributed by atoms with Crippen LogP contribution < -0.4 is 11.2 Å². The fraction of sp³-hybridized carbons (Fsp3) is 0.294. The monoisotopic (exact) mass is 342 g/mol. The Bertz CT molecular complexity index is 985. The molecule has 0 radical (unpaired) electrons. The Balaban J connectivity index is 1.75. The summed E-state index contributed by atoms with van der Waals surface area (Å²) >= 11 is 0. The molecule has 0 amide bonds. The Hall–Kier alpha value is -3.00. The van der Waals surface area contributed by atoms with Crippen LogP contribution in [0.15, 0.2) is 44.6 Å². The molecule has 1 aromatic carbocycles. The highest BCUT2D eigenvalue weighted by atomic mass is 16.5. The van der Waals surface area contributed by atoms with Crippen LogP contribution in [0.2, 0.25) is 0 Å². The van der Waals surface area contributed by atoms with Crippen molar-refractivity contribution in [1.82, 2.24) is 19.7 Å². The quantitative estimate of drug-likeness (QED) is 0.711. The van der Waals surface area contributed by atoms with Crippen molar-refractivity contribution in [2.24, 2.45) is 0 Å². The van der Waals surface area contributed by atoms with Gasteiger partial charge in [0, 0.05) is 18.2 Å². The molecule has 0 aliphatic heterocycles. The molecule has 1 atom stereocenters. The maximum absolute atomic E-state index is 12.0. The van der Waals surface area contributed by atoms with Crippen molar-refractivity contribution in [2.45, 2.75) is 32.9 Å². The summed E-state index contributed by atoms with van der Waals surface area (Å²) in [6.07, 6.45) is 0.764. The van der Waals surface area contributed by atoms with E-state index in [2.05, 4.69) is 15.1 Å². The Morgan fingerprint density at radius 1 is 1.24 bits per heavy atom. The van der Waals surface area contributed by atoms with E-state index in [4.69, 9.17) is 4.52 Å². The number of aromatic amines is 1. The van der Waals surface area contributed by atoms with Crippen LogP contribution >= 0.6 is 0 Å². The normalized spacial score (nSPS) is 12.3. The summed E-state index contributed by atoms with van der Waals surface area (Å²) in [4.78, 5) is 30.4. The molecule has 2 aromatic heterocycles. The number of aliphatic hydroxyl groups is 1. The summed E-state index contributed by atoms with van der Waals surface area (Å²) in [6, 6.07) is 7.51. The largest absolute Gasteiger partial charge is 0.388 e. The van der Waals surface area contributed by atoms with E-state index in [9.17, 15) is 14.7 Å². The number of H-pyrrole nitrogens is 1. The number of hydrogen-bond acceptors (Lipinski definition) is 6. The van der Waals surface area contributed by atoms with Gasteiger partial charge < -0.3 is 14.6 Å². The van der Waals surface area contributed by atoms with E-state index in [0.717, 1.165) is 15.7 Å². The summed E-state index contributed by atoms with van der Waals surface area (Å²) in [6.45, 7) is 3.45. The van der Waals surface area contributed by atoms with Gasteiger partial charge in [-0.05, 0) is 19.4 Å². The van der Waals surface area contributed by atoms with Gasteiger partial charge in [-0.15, -0.1) is 0 Å². The number of aromatic nitrogens is 4. The van der Waals surface area contributed by atoms with Gasteiger partial charge in [-0.25, -0.2) is 4.79 Å². The zero-order valence-corrected chi connectivity index (χ0v) is 13.9. The van der Waals surface area contributed by atoms with Crippen LogP contribution in [0.1, 0.15) is 34.5 Å². The van der Waals surface area contributed by atoms with Crippen LogP contribution in [0.25, 0.3) is 0 Å². The van der Waals surface area contributed by atoms with Crippen molar-refractivity contribution in [3.05, 3.63) is 79.7 Å². The highest BCUT2D eigenvalue weighted by Gasteiger charge is 2.15. The molecule has 0 unspecified atom stereocenters. The van der Waals surface area contributed by atoms with Gasteiger partial charge in [0.2, 0.25) is 5.89 Å². The second kappa shape index (κ2) is 6.86. The molecule has 2 heterocycles. The third-order valence-electron chi connectivity index (χ3n) is 3.88. The van der Waals surface area contributed by atoms with Gasteiger partial charge in [-0.3, -0.25) is 9.36 Å². The molecular weight excluding hydrogens is 324 g/mol. The average Bonchev–Trinajstić information content (AvgIpc) is 3.03. The van der Waals surface area contributed by atoms with E-state index >= 15 is 0 Å². The number of benzene rings is 1. The van der Waals surface area contributed by atoms with Crippen molar-refractivity contribution >= 4 is 0 Å². The van der Waals surface area contributed by atoms with Crippen molar-refractivity contribution in [3.8, 4) is 0 Å². The van der Waals surface area contributed by atoms with Gasteiger partial charge in [0.1, 0.15) is 6.54 Å². The Morgan fingerprint density at radius 2 is 1.96 bits per heavy atom. The molecule has 3 aromatic rings. The lowest BCUT2D eigenvalue weighted by atomic mass is 10.0. The van der Waals surface area contributed by atoms with Gasteiger partial charge in [0.25, 0.3) is 5.56 Å². The van der Waals surface area contributed by atoms with Crippen molar-refractivity contribution in [3.63, 3.8) is 0 Å². The number of aryl methyl sites for hydroxylation is 2. The smallest absolute Gasteiger partial charge is 0.328 e. The number of nitrogens with one attached hydrogen (secondary N) is 1. The van der Waals surface area contributed by atoms with Crippen LogP contribution in [0.5, 0.6) is 0 Å². The van der Waals surface area contributed by atoms with E-state index in [1.165, 1.54) is 6.20 Å². The Morgan fingerprint density at radius 3 is 2.68 bits per heavy atom. The van der Waals surface area contributed by atoms with Gasteiger partial charge in [0.05, 0.1) is 6.10 Å². The Kier molecular flexibility index (Phi) is 4.62. The Labute approximate surface area is 142 Å². The minimum Gasteiger partial charge on any atom is -0.388 e. The number of rotatable bonds is 5. The van der Waals surface area contributed by atoms with Crippen LogP contribution in [0.3, 0.4) is 0 Å². The summed E-state index contributed by atoms with van der Waals surface area (Å²) in [5, 5.41) is 14.1. The molecule has 0 saturated heterocycles. The second-order valence-corrected chi connectivity index (χ2v) is 5.90. The van der Waals surface area contributed by atoms with E-state index in [1.807, 2.05) is 31.2 Å².